The first-order chi connectivity index (χ1) is 7.89. The van der Waals surface area contributed by atoms with Gasteiger partial charge in [0.05, 0.1) is 6.61 Å². The van der Waals surface area contributed by atoms with Gasteiger partial charge in [0.25, 0.3) is 0 Å². The van der Waals surface area contributed by atoms with Crippen LogP contribution in [-0.2, 0) is 9.53 Å². The average molecular weight is 243 g/mol. The van der Waals surface area contributed by atoms with Crippen LogP contribution in [0.2, 0.25) is 0 Å². The summed E-state index contributed by atoms with van der Waals surface area (Å²) >= 11 is 0. The van der Waals surface area contributed by atoms with Crippen molar-refractivity contribution in [2.45, 2.75) is 25.8 Å². The highest BCUT2D eigenvalue weighted by Gasteiger charge is 2.47. The van der Waals surface area contributed by atoms with Crippen molar-refractivity contribution < 1.29 is 18.3 Å². The summed E-state index contributed by atoms with van der Waals surface area (Å²) in [5.41, 5.74) is 6.44. The molecule has 0 amide bonds. The first-order valence-corrected chi connectivity index (χ1v) is 5.26. The van der Waals surface area contributed by atoms with Crippen LogP contribution in [0.3, 0.4) is 0 Å². The monoisotopic (exact) mass is 243 g/mol. The summed E-state index contributed by atoms with van der Waals surface area (Å²) in [4.78, 5) is 11.1. The zero-order valence-corrected chi connectivity index (χ0v) is 9.74. The highest BCUT2D eigenvalue weighted by molar-refractivity contribution is 5.78. The number of rotatable bonds is 4. The number of benzene rings is 1. The SMILES string of the molecule is CCOC(=O)C(F)(F)[C@@H](N)c1cccc(C)c1. The molecule has 94 valence electrons. The van der Waals surface area contributed by atoms with E-state index >= 15 is 0 Å². The lowest BCUT2D eigenvalue weighted by Gasteiger charge is -2.22. The maximum atomic E-state index is 13.6. The van der Waals surface area contributed by atoms with E-state index in [1.807, 2.05) is 0 Å². The van der Waals surface area contributed by atoms with Crippen LogP contribution in [0.25, 0.3) is 0 Å². The molecule has 0 radical (unpaired) electrons. The Balaban J connectivity index is 2.95. The van der Waals surface area contributed by atoms with E-state index in [0.717, 1.165) is 5.56 Å². The van der Waals surface area contributed by atoms with Gasteiger partial charge in [0.1, 0.15) is 6.04 Å². The number of alkyl halides is 2. The molecule has 1 atom stereocenters. The van der Waals surface area contributed by atoms with Crippen molar-refractivity contribution in [3.8, 4) is 0 Å². The summed E-state index contributed by atoms with van der Waals surface area (Å²) in [6, 6.07) is 4.68. The predicted octanol–water partition coefficient (Wildman–Crippen LogP) is 2.19. The number of carbonyl (C=O) groups is 1. The van der Waals surface area contributed by atoms with E-state index in [-0.39, 0.29) is 12.2 Å². The fraction of sp³-hybridized carbons (Fsp3) is 0.417. The minimum Gasteiger partial charge on any atom is -0.462 e. The molecule has 5 heteroatoms. The number of hydrogen-bond donors (Lipinski definition) is 1. The largest absolute Gasteiger partial charge is 0.462 e. The van der Waals surface area contributed by atoms with Gasteiger partial charge in [-0.1, -0.05) is 29.8 Å². The first kappa shape index (κ1) is 13.6. The molecule has 1 aromatic rings. The van der Waals surface area contributed by atoms with Crippen molar-refractivity contribution in [3.05, 3.63) is 35.4 Å². The minimum absolute atomic E-state index is 0.102. The van der Waals surface area contributed by atoms with E-state index in [1.165, 1.54) is 19.1 Å². The quantitative estimate of drug-likeness (QED) is 0.825. The smallest absolute Gasteiger partial charge is 0.379 e. The number of halogens is 2. The van der Waals surface area contributed by atoms with Crippen molar-refractivity contribution >= 4 is 5.97 Å². The minimum atomic E-state index is -3.72. The predicted molar refractivity (Wildman–Crippen MR) is 59.7 cm³/mol. The molecule has 1 rings (SSSR count). The molecule has 0 aromatic heterocycles. The Hall–Kier alpha value is -1.49. The fourth-order valence-electron chi connectivity index (χ4n) is 1.43. The summed E-state index contributed by atoms with van der Waals surface area (Å²) in [5, 5.41) is 0. The molecule has 0 unspecified atom stereocenters. The fourth-order valence-corrected chi connectivity index (χ4v) is 1.43. The zero-order chi connectivity index (χ0) is 13.1. The number of hydrogen-bond acceptors (Lipinski definition) is 3. The third-order valence-electron chi connectivity index (χ3n) is 2.34. The highest BCUT2D eigenvalue weighted by Crippen LogP contribution is 2.30. The van der Waals surface area contributed by atoms with Crippen LogP contribution in [0.4, 0.5) is 8.78 Å². The van der Waals surface area contributed by atoms with Gasteiger partial charge in [-0.05, 0) is 19.4 Å². The number of carbonyl (C=O) groups excluding carboxylic acids is 1. The van der Waals surface area contributed by atoms with Crippen LogP contribution in [-0.4, -0.2) is 18.5 Å². The van der Waals surface area contributed by atoms with Crippen LogP contribution >= 0.6 is 0 Å². The van der Waals surface area contributed by atoms with Gasteiger partial charge < -0.3 is 10.5 Å². The lowest BCUT2D eigenvalue weighted by atomic mass is 10.00. The molecular weight excluding hydrogens is 228 g/mol. The number of aryl methyl sites for hydroxylation is 1. The highest BCUT2D eigenvalue weighted by atomic mass is 19.3. The molecule has 0 fully saturated rings. The molecule has 1 aromatic carbocycles. The van der Waals surface area contributed by atoms with Gasteiger partial charge in [-0.3, -0.25) is 0 Å². The Morgan fingerprint density at radius 2 is 2.18 bits per heavy atom. The molecule has 0 aliphatic heterocycles. The van der Waals surface area contributed by atoms with Gasteiger partial charge in [0.2, 0.25) is 0 Å². The molecule has 0 spiro atoms. The van der Waals surface area contributed by atoms with Gasteiger partial charge in [-0.15, -0.1) is 0 Å². The molecule has 2 N–H and O–H groups in total. The average Bonchev–Trinajstić information content (AvgIpc) is 2.28. The van der Waals surface area contributed by atoms with Crippen LogP contribution in [0.5, 0.6) is 0 Å². The Bertz CT molecular complexity index is 407. The molecule has 0 saturated heterocycles. The Labute approximate surface area is 98.6 Å². The second-order valence-electron chi connectivity index (χ2n) is 3.74. The number of nitrogens with two attached hydrogens (primary N) is 1. The zero-order valence-electron chi connectivity index (χ0n) is 9.74. The van der Waals surface area contributed by atoms with Gasteiger partial charge in [0, 0.05) is 0 Å². The van der Waals surface area contributed by atoms with Crippen LogP contribution in [0.15, 0.2) is 24.3 Å². The van der Waals surface area contributed by atoms with Crippen LogP contribution in [0.1, 0.15) is 24.1 Å². The molecule has 0 aliphatic carbocycles. The standard InChI is InChI=1S/C12H15F2NO2/c1-3-17-11(16)12(13,14)10(15)9-6-4-5-8(2)7-9/h4-7,10H,3,15H2,1-2H3/t10-/m0/s1. The Morgan fingerprint density at radius 1 is 1.53 bits per heavy atom. The van der Waals surface area contributed by atoms with E-state index in [0.29, 0.717) is 0 Å². The summed E-state index contributed by atoms with van der Waals surface area (Å²) < 4.78 is 31.5. The lowest BCUT2D eigenvalue weighted by molar-refractivity contribution is -0.174. The lowest BCUT2D eigenvalue weighted by Crippen LogP contribution is -2.41. The maximum Gasteiger partial charge on any atom is 0.379 e. The van der Waals surface area contributed by atoms with Crippen LogP contribution in [0, 0.1) is 6.92 Å². The van der Waals surface area contributed by atoms with E-state index in [2.05, 4.69) is 4.74 Å². The van der Waals surface area contributed by atoms with Gasteiger partial charge in [-0.2, -0.15) is 8.78 Å². The summed E-state index contributed by atoms with van der Waals surface area (Å²) in [7, 11) is 0. The normalized spacial score (nSPS) is 13.2. The summed E-state index contributed by atoms with van der Waals surface area (Å²) in [6.07, 6.45) is 0. The number of ether oxygens (including phenoxy) is 1. The molecular formula is C12H15F2NO2. The molecule has 0 bridgehead atoms. The van der Waals surface area contributed by atoms with Crippen molar-refractivity contribution in [2.75, 3.05) is 6.61 Å². The molecule has 0 heterocycles. The van der Waals surface area contributed by atoms with Crippen molar-refractivity contribution in [2.24, 2.45) is 5.73 Å². The van der Waals surface area contributed by atoms with E-state index < -0.39 is 17.9 Å². The van der Waals surface area contributed by atoms with E-state index in [1.54, 1.807) is 19.1 Å². The molecule has 0 aliphatic rings. The maximum absolute atomic E-state index is 13.6. The first-order valence-electron chi connectivity index (χ1n) is 5.26. The summed E-state index contributed by atoms with van der Waals surface area (Å²) in [5.74, 6) is -5.31. The van der Waals surface area contributed by atoms with Gasteiger partial charge in [-0.25, -0.2) is 4.79 Å². The van der Waals surface area contributed by atoms with Gasteiger partial charge >= 0.3 is 11.9 Å². The second-order valence-corrected chi connectivity index (χ2v) is 3.74. The van der Waals surface area contributed by atoms with Crippen molar-refractivity contribution in [1.29, 1.82) is 0 Å². The molecule has 17 heavy (non-hydrogen) atoms. The van der Waals surface area contributed by atoms with Gasteiger partial charge in [0.15, 0.2) is 0 Å². The van der Waals surface area contributed by atoms with Crippen molar-refractivity contribution in [3.63, 3.8) is 0 Å². The third kappa shape index (κ3) is 3.00. The van der Waals surface area contributed by atoms with Crippen molar-refractivity contribution in [1.82, 2.24) is 0 Å². The van der Waals surface area contributed by atoms with E-state index in [4.69, 9.17) is 5.73 Å². The third-order valence-corrected chi connectivity index (χ3v) is 2.34. The summed E-state index contributed by atoms with van der Waals surface area (Å²) in [6.45, 7) is 3.12. The molecule has 3 nitrogen and oxygen atoms in total. The van der Waals surface area contributed by atoms with E-state index in [9.17, 15) is 13.6 Å². The topological polar surface area (TPSA) is 52.3 Å². The number of esters is 1. The Morgan fingerprint density at radius 3 is 2.71 bits per heavy atom. The van der Waals surface area contributed by atoms with Crippen LogP contribution < -0.4 is 5.73 Å². The second kappa shape index (κ2) is 5.23. The Kier molecular flexibility index (Phi) is 4.17. The molecule has 0 saturated carbocycles.